The average molecular weight is 385 g/mol. The number of rotatable bonds is 6. The Morgan fingerprint density at radius 2 is 1.72 bits per heavy atom. The fraction of sp³-hybridized carbons (Fsp3) is 0.0870. The van der Waals surface area contributed by atoms with E-state index >= 15 is 0 Å². The van der Waals surface area contributed by atoms with Gasteiger partial charge in [-0.1, -0.05) is 36.4 Å². The summed E-state index contributed by atoms with van der Waals surface area (Å²) >= 11 is 0. The first-order valence-corrected chi connectivity index (χ1v) is 9.21. The van der Waals surface area contributed by atoms with E-state index in [1.165, 1.54) is 6.20 Å². The molecule has 2 heterocycles. The molecule has 2 aromatic carbocycles. The van der Waals surface area contributed by atoms with Crippen LogP contribution in [0.5, 0.6) is 5.75 Å². The third-order valence-corrected chi connectivity index (χ3v) is 4.54. The lowest BCUT2D eigenvalue weighted by molar-refractivity contribution is 0.0952. The Labute approximate surface area is 167 Å². The molecule has 2 aromatic heterocycles. The van der Waals surface area contributed by atoms with Crippen molar-refractivity contribution in [1.82, 2.24) is 15.3 Å². The van der Waals surface area contributed by atoms with Crippen molar-refractivity contribution in [3.05, 3.63) is 106 Å². The second kappa shape index (κ2) is 8.39. The van der Waals surface area contributed by atoms with Gasteiger partial charge in [0.15, 0.2) is 0 Å². The maximum Gasteiger partial charge on any atom is 0.255 e. The summed E-state index contributed by atoms with van der Waals surface area (Å²) in [6.45, 7) is 0.767. The second-order valence-electron chi connectivity index (χ2n) is 6.51. The molecule has 0 aliphatic heterocycles. The van der Waals surface area contributed by atoms with Gasteiger partial charge in [0.2, 0.25) is 0 Å². The molecule has 0 aliphatic carbocycles. The maximum absolute atomic E-state index is 12.6. The number of nitrogens with one attached hydrogen (secondary N) is 2. The van der Waals surface area contributed by atoms with Crippen LogP contribution in [0.25, 0.3) is 10.8 Å². The molecule has 6 nitrogen and oxygen atoms in total. The quantitative estimate of drug-likeness (QED) is 0.533. The molecular weight excluding hydrogens is 366 g/mol. The van der Waals surface area contributed by atoms with Crippen LogP contribution in [0.4, 0.5) is 0 Å². The molecule has 0 atom stereocenters. The molecule has 0 unspecified atom stereocenters. The first-order chi connectivity index (χ1) is 14.2. The summed E-state index contributed by atoms with van der Waals surface area (Å²) in [4.78, 5) is 31.4. The van der Waals surface area contributed by atoms with E-state index in [2.05, 4.69) is 15.3 Å². The van der Waals surface area contributed by atoms with Crippen LogP contribution in [0.2, 0.25) is 0 Å². The molecule has 144 valence electrons. The summed E-state index contributed by atoms with van der Waals surface area (Å²) in [5, 5.41) is 4.02. The van der Waals surface area contributed by atoms with E-state index in [1.807, 2.05) is 48.5 Å². The molecule has 0 saturated carbocycles. The number of carbonyl (C=O) groups is 1. The molecule has 0 radical (unpaired) electrons. The number of aromatic amines is 1. The number of hydrogen-bond donors (Lipinski definition) is 2. The van der Waals surface area contributed by atoms with Crippen molar-refractivity contribution >= 4 is 16.7 Å². The van der Waals surface area contributed by atoms with Crippen LogP contribution >= 0.6 is 0 Å². The standard InChI is InChI=1S/C23H19N3O3/c27-22-20-7-2-1-6-19(20)21(14-26-22)23(28)25-13-16-8-10-18(11-9-16)29-15-17-5-3-4-12-24-17/h1-12,14H,13,15H2,(H,25,28)(H,26,27). The van der Waals surface area contributed by atoms with Gasteiger partial charge in [-0.2, -0.15) is 0 Å². The average Bonchev–Trinajstić information content (AvgIpc) is 2.78. The number of fused-ring (bicyclic) bond motifs is 1. The van der Waals surface area contributed by atoms with Gasteiger partial charge in [0, 0.05) is 29.7 Å². The lowest BCUT2D eigenvalue weighted by Gasteiger charge is -2.09. The Hall–Kier alpha value is -3.93. The van der Waals surface area contributed by atoms with Crippen LogP contribution in [0.3, 0.4) is 0 Å². The molecule has 0 spiro atoms. The second-order valence-corrected chi connectivity index (χ2v) is 6.51. The zero-order valence-corrected chi connectivity index (χ0v) is 15.6. The lowest BCUT2D eigenvalue weighted by Crippen LogP contribution is -2.24. The Balaban J connectivity index is 1.39. The zero-order chi connectivity index (χ0) is 20.1. The summed E-state index contributed by atoms with van der Waals surface area (Å²) in [6, 6.07) is 20.3. The SMILES string of the molecule is O=C(NCc1ccc(OCc2ccccn2)cc1)c1c[nH]c(=O)c2ccccc12. The Kier molecular flexibility index (Phi) is 5.33. The van der Waals surface area contributed by atoms with E-state index in [0.717, 1.165) is 17.0 Å². The molecule has 6 heteroatoms. The number of H-pyrrole nitrogens is 1. The molecular formula is C23H19N3O3. The van der Waals surface area contributed by atoms with Gasteiger partial charge in [-0.3, -0.25) is 14.6 Å². The van der Waals surface area contributed by atoms with Crippen molar-refractivity contribution in [2.75, 3.05) is 0 Å². The van der Waals surface area contributed by atoms with E-state index in [0.29, 0.717) is 29.5 Å². The first kappa shape index (κ1) is 18.4. The Morgan fingerprint density at radius 1 is 0.966 bits per heavy atom. The van der Waals surface area contributed by atoms with E-state index in [4.69, 9.17) is 4.74 Å². The maximum atomic E-state index is 12.6. The minimum atomic E-state index is -0.243. The number of nitrogens with zero attached hydrogens (tertiary/aromatic N) is 1. The molecule has 0 saturated heterocycles. The summed E-state index contributed by atoms with van der Waals surface area (Å²) in [5.41, 5.74) is 2.03. The van der Waals surface area contributed by atoms with Gasteiger partial charge in [0.25, 0.3) is 11.5 Å². The molecule has 4 rings (SSSR count). The van der Waals surface area contributed by atoms with Gasteiger partial charge in [0.05, 0.1) is 11.3 Å². The molecule has 1 amide bonds. The third-order valence-electron chi connectivity index (χ3n) is 4.54. The topological polar surface area (TPSA) is 84.1 Å². The normalized spacial score (nSPS) is 10.6. The largest absolute Gasteiger partial charge is 0.487 e. The van der Waals surface area contributed by atoms with Crippen LogP contribution in [-0.4, -0.2) is 15.9 Å². The van der Waals surface area contributed by atoms with Gasteiger partial charge in [0.1, 0.15) is 12.4 Å². The third kappa shape index (κ3) is 4.32. The van der Waals surface area contributed by atoms with Crippen molar-refractivity contribution in [2.45, 2.75) is 13.2 Å². The summed E-state index contributed by atoms with van der Waals surface area (Å²) < 4.78 is 5.72. The van der Waals surface area contributed by atoms with Gasteiger partial charge in [-0.15, -0.1) is 0 Å². The van der Waals surface area contributed by atoms with Crippen LogP contribution < -0.4 is 15.6 Å². The number of benzene rings is 2. The Bertz CT molecular complexity index is 1190. The minimum Gasteiger partial charge on any atom is -0.487 e. The zero-order valence-electron chi connectivity index (χ0n) is 15.6. The monoisotopic (exact) mass is 385 g/mol. The van der Waals surface area contributed by atoms with Crippen LogP contribution in [0, 0.1) is 0 Å². The molecule has 0 bridgehead atoms. The van der Waals surface area contributed by atoms with Gasteiger partial charge in [-0.05, 0) is 35.9 Å². The molecule has 4 aromatic rings. The molecule has 29 heavy (non-hydrogen) atoms. The predicted molar refractivity (Wildman–Crippen MR) is 111 cm³/mol. The number of hydrogen-bond acceptors (Lipinski definition) is 4. The fourth-order valence-corrected chi connectivity index (χ4v) is 3.02. The number of ether oxygens (including phenoxy) is 1. The van der Waals surface area contributed by atoms with Crippen LogP contribution in [-0.2, 0) is 13.2 Å². The fourth-order valence-electron chi connectivity index (χ4n) is 3.02. The number of carbonyl (C=O) groups excluding carboxylic acids is 1. The van der Waals surface area contributed by atoms with Crippen molar-refractivity contribution in [3.8, 4) is 5.75 Å². The van der Waals surface area contributed by atoms with Crippen molar-refractivity contribution in [1.29, 1.82) is 0 Å². The van der Waals surface area contributed by atoms with E-state index < -0.39 is 0 Å². The van der Waals surface area contributed by atoms with Gasteiger partial charge < -0.3 is 15.0 Å². The lowest BCUT2D eigenvalue weighted by atomic mass is 10.1. The highest BCUT2D eigenvalue weighted by atomic mass is 16.5. The van der Waals surface area contributed by atoms with Crippen LogP contribution in [0.15, 0.2) is 83.9 Å². The van der Waals surface area contributed by atoms with Crippen molar-refractivity contribution < 1.29 is 9.53 Å². The molecule has 0 aliphatic rings. The van der Waals surface area contributed by atoms with Gasteiger partial charge in [-0.25, -0.2) is 0 Å². The smallest absolute Gasteiger partial charge is 0.255 e. The first-order valence-electron chi connectivity index (χ1n) is 9.21. The summed E-state index contributed by atoms with van der Waals surface area (Å²) in [7, 11) is 0. The summed E-state index contributed by atoms with van der Waals surface area (Å²) in [5.74, 6) is 0.491. The van der Waals surface area contributed by atoms with E-state index in [9.17, 15) is 9.59 Å². The molecule has 2 N–H and O–H groups in total. The van der Waals surface area contributed by atoms with Crippen molar-refractivity contribution in [2.24, 2.45) is 0 Å². The number of pyridine rings is 2. The highest BCUT2D eigenvalue weighted by Gasteiger charge is 2.11. The van der Waals surface area contributed by atoms with Crippen LogP contribution in [0.1, 0.15) is 21.6 Å². The highest BCUT2D eigenvalue weighted by Crippen LogP contribution is 2.16. The van der Waals surface area contributed by atoms with E-state index in [-0.39, 0.29) is 11.5 Å². The number of amides is 1. The van der Waals surface area contributed by atoms with Crippen molar-refractivity contribution in [3.63, 3.8) is 0 Å². The van der Waals surface area contributed by atoms with E-state index in [1.54, 1.807) is 24.4 Å². The molecule has 0 fully saturated rings. The highest BCUT2D eigenvalue weighted by molar-refractivity contribution is 6.06. The van der Waals surface area contributed by atoms with Gasteiger partial charge >= 0.3 is 0 Å². The predicted octanol–water partition coefficient (Wildman–Crippen LogP) is 3.43. The summed E-state index contributed by atoms with van der Waals surface area (Å²) in [6.07, 6.45) is 3.19. The Morgan fingerprint density at radius 3 is 2.48 bits per heavy atom. The minimum absolute atomic E-state index is 0.210. The number of aromatic nitrogens is 2.